The number of nitrogens with one attached hydrogen (secondary N) is 1. The average molecular weight is 308 g/mol. The van der Waals surface area contributed by atoms with Crippen LogP contribution in [0.2, 0.25) is 5.02 Å². The van der Waals surface area contributed by atoms with Gasteiger partial charge in [-0.1, -0.05) is 29.3 Å². The van der Waals surface area contributed by atoms with E-state index in [1.807, 2.05) is 0 Å². The third-order valence-electron chi connectivity index (χ3n) is 2.21. The lowest BCUT2D eigenvalue weighted by Crippen LogP contribution is -2.19. The van der Waals surface area contributed by atoms with Crippen LogP contribution < -0.4 is 10.1 Å². The molecule has 1 saturated heterocycles. The highest BCUT2D eigenvalue weighted by atomic mass is 35.5. The molecule has 0 aliphatic carbocycles. The van der Waals surface area contributed by atoms with Crippen molar-refractivity contribution in [3.05, 3.63) is 28.8 Å². The lowest BCUT2D eigenvalue weighted by Gasteiger charge is -2.04. The number of carbonyl (C=O) groups excluding carboxylic acids is 1. The second-order valence-electron chi connectivity index (χ2n) is 3.67. The van der Waals surface area contributed by atoms with Crippen molar-refractivity contribution in [2.24, 2.45) is 10.2 Å². The van der Waals surface area contributed by atoms with Gasteiger partial charge in [0.2, 0.25) is 5.91 Å². The summed E-state index contributed by atoms with van der Waals surface area (Å²) in [6.07, 6.45) is 6.64. The molecule has 1 N–H and O–H groups in total. The van der Waals surface area contributed by atoms with Crippen LogP contribution >= 0.6 is 23.4 Å². The van der Waals surface area contributed by atoms with Gasteiger partial charge in [0, 0.05) is 0 Å². The first-order chi connectivity index (χ1) is 9.69. The molecule has 1 heterocycles. The van der Waals surface area contributed by atoms with Crippen molar-refractivity contribution < 1.29 is 9.53 Å². The van der Waals surface area contributed by atoms with Crippen molar-refractivity contribution in [3.8, 4) is 18.1 Å². The molecule has 1 aromatic rings. The van der Waals surface area contributed by atoms with Crippen LogP contribution in [0.1, 0.15) is 5.56 Å². The Morgan fingerprint density at radius 3 is 3.10 bits per heavy atom. The van der Waals surface area contributed by atoms with Crippen molar-refractivity contribution in [3.63, 3.8) is 0 Å². The Balaban J connectivity index is 2.01. The highest BCUT2D eigenvalue weighted by Gasteiger charge is 2.15. The third-order valence-corrected chi connectivity index (χ3v) is 3.37. The van der Waals surface area contributed by atoms with E-state index in [2.05, 4.69) is 21.4 Å². The predicted octanol–water partition coefficient (Wildman–Crippen LogP) is 1.90. The molecule has 0 radical (unpaired) electrons. The van der Waals surface area contributed by atoms with Gasteiger partial charge in [-0.25, -0.2) is 0 Å². The van der Waals surface area contributed by atoms with E-state index < -0.39 is 0 Å². The van der Waals surface area contributed by atoms with Gasteiger partial charge >= 0.3 is 0 Å². The number of benzene rings is 1. The Bertz CT molecular complexity index is 623. The largest absolute Gasteiger partial charge is 0.479 e. The molecule has 0 bridgehead atoms. The number of nitrogens with zero attached hydrogens (tertiary/aromatic N) is 2. The highest BCUT2D eigenvalue weighted by molar-refractivity contribution is 8.15. The lowest BCUT2D eigenvalue weighted by molar-refractivity contribution is -0.116. The predicted molar refractivity (Wildman–Crippen MR) is 81.4 cm³/mol. The van der Waals surface area contributed by atoms with Crippen LogP contribution in [-0.2, 0) is 4.79 Å². The molecule has 1 aromatic carbocycles. The van der Waals surface area contributed by atoms with E-state index in [9.17, 15) is 4.79 Å². The summed E-state index contributed by atoms with van der Waals surface area (Å²) in [7, 11) is 0. The summed E-state index contributed by atoms with van der Waals surface area (Å²) in [5.41, 5.74) is 0.765. The number of hydrogen-bond donors (Lipinski definition) is 1. The Labute approximate surface area is 125 Å². The number of amides is 1. The maximum absolute atomic E-state index is 10.9. The van der Waals surface area contributed by atoms with Gasteiger partial charge in [-0.2, -0.15) is 5.10 Å². The third kappa shape index (κ3) is 4.02. The summed E-state index contributed by atoms with van der Waals surface area (Å²) in [4.78, 5) is 10.9. The number of carbonyl (C=O) groups is 1. The van der Waals surface area contributed by atoms with E-state index >= 15 is 0 Å². The number of halogens is 1. The summed E-state index contributed by atoms with van der Waals surface area (Å²) in [5.74, 6) is 3.19. The molecular formula is C13H10ClN3O2S. The standard InChI is InChI=1S/C13H10ClN3O2S/c1-2-5-19-11-4-3-9(6-10(11)14)7-15-17-13-16-12(18)8-20-13/h1,3-4,6-7H,5,8H2,(H,16,17,18). The summed E-state index contributed by atoms with van der Waals surface area (Å²) in [6, 6.07) is 5.18. The molecule has 0 spiro atoms. The first-order valence-corrected chi connectivity index (χ1v) is 6.95. The SMILES string of the molecule is C#CCOc1ccc(C=NN=C2NC(=O)CS2)cc1Cl. The molecule has 2 rings (SSSR count). The summed E-state index contributed by atoms with van der Waals surface area (Å²) in [6.45, 7) is 0.164. The van der Waals surface area contributed by atoms with E-state index in [1.165, 1.54) is 18.0 Å². The molecule has 102 valence electrons. The van der Waals surface area contributed by atoms with Gasteiger partial charge in [0.1, 0.15) is 12.4 Å². The molecule has 7 heteroatoms. The van der Waals surface area contributed by atoms with Crippen molar-refractivity contribution in [1.29, 1.82) is 0 Å². The Hall–Kier alpha value is -1.97. The van der Waals surface area contributed by atoms with Crippen molar-refractivity contribution in [1.82, 2.24) is 5.32 Å². The Kier molecular flexibility index (Phi) is 5.04. The fourth-order valence-corrected chi connectivity index (χ4v) is 2.24. The second-order valence-corrected chi connectivity index (χ2v) is 5.04. The molecule has 1 amide bonds. The molecule has 5 nitrogen and oxygen atoms in total. The minimum Gasteiger partial charge on any atom is -0.479 e. The van der Waals surface area contributed by atoms with Crippen molar-refractivity contribution in [2.75, 3.05) is 12.4 Å². The first kappa shape index (κ1) is 14.4. The van der Waals surface area contributed by atoms with Crippen LogP contribution in [-0.4, -0.2) is 29.6 Å². The second kappa shape index (κ2) is 6.98. The maximum atomic E-state index is 10.9. The molecule has 0 atom stereocenters. The average Bonchev–Trinajstić information content (AvgIpc) is 2.84. The zero-order chi connectivity index (χ0) is 14.4. The summed E-state index contributed by atoms with van der Waals surface area (Å²) in [5, 5.41) is 11.3. The number of ether oxygens (including phenoxy) is 1. The topological polar surface area (TPSA) is 63.1 Å². The van der Waals surface area contributed by atoms with Gasteiger partial charge in [-0.15, -0.1) is 11.5 Å². The summed E-state index contributed by atoms with van der Waals surface area (Å²) < 4.78 is 5.25. The zero-order valence-electron chi connectivity index (χ0n) is 10.3. The molecule has 1 aliphatic rings. The highest BCUT2D eigenvalue weighted by Crippen LogP contribution is 2.24. The van der Waals surface area contributed by atoms with E-state index in [0.717, 1.165) is 5.56 Å². The van der Waals surface area contributed by atoms with E-state index in [0.29, 0.717) is 21.7 Å². The molecule has 0 aromatic heterocycles. The van der Waals surface area contributed by atoms with Gasteiger partial charge in [0.15, 0.2) is 5.17 Å². The lowest BCUT2D eigenvalue weighted by atomic mass is 10.2. The number of amidine groups is 1. The number of rotatable bonds is 4. The van der Waals surface area contributed by atoms with Gasteiger partial charge in [0.25, 0.3) is 0 Å². The van der Waals surface area contributed by atoms with Gasteiger partial charge in [0.05, 0.1) is 17.0 Å². The van der Waals surface area contributed by atoms with Crippen LogP contribution in [0, 0.1) is 12.3 Å². The van der Waals surface area contributed by atoms with E-state index in [-0.39, 0.29) is 12.5 Å². The molecule has 0 saturated carbocycles. The van der Waals surface area contributed by atoms with Crippen LogP contribution in [0.5, 0.6) is 5.75 Å². The fraction of sp³-hybridized carbons (Fsp3) is 0.154. The fourth-order valence-electron chi connectivity index (χ4n) is 1.36. The van der Waals surface area contributed by atoms with Crippen LogP contribution in [0.15, 0.2) is 28.4 Å². The van der Waals surface area contributed by atoms with E-state index in [1.54, 1.807) is 18.2 Å². The van der Waals surface area contributed by atoms with Gasteiger partial charge < -0.3 is 10.1 Å². The number of terminal acetylenes is 1. The molecule has 0 unspecified atom stereocenters. The molecule has 20 heavy (non-hydrogen) atoms. The van der Waals surface area contributed by atoms with Crippen LogP contribution in [0.3, 0.4) is 0 Å². The van der Waals surface area contributed by atoms with Crippen molar-refractivity contribution >= 4 is 40.7 Å². The van der Waals surface area contributed by atoms with Crippen LogP contribution in [0.25, 0.3) is 0 Å². The van der Waals surface area contributed by atoms with Crippen molar-refractivity contribution in [2.45, 2.75) is 0 Å². The smallest absolute Gasteiger partial charge is 0.236 e. The number of hydrogen-bond acceptors (Lipinski definition) is 5. The monoisotopic (exact) mass is 307 g/mol. The minimum atomic E-state index is -0.0676. The Morgan fingerprint density at radius 1 is 1.60 bits per heavy atom. The minimum absolute atomic E-state index is 0.0676. The summed E-state index contributed by atoms with van der Waals surface area (Å²) >= 11 is 7.35. The van der Waals surface area contributed by atoms with Gasteiger partial charge in [-0.05, 0) is 23.8 Å². The molecule has 1 aliphatic heterocycles. The Morgan fingerprint density at radius 2 is 2.45 bits per heavy atom. The number of thioether (sulfide) groups is 1. The van der Waals surface area contributed by atoms with E-state index in [4.69, 9.17) is 22.8 Å². The molecule has 1 fully saturated rings. The molecular weight excluding hydrogens is 298 g/mol. The van der Waals surface area contributed by atoms with Gasteiger partial charge in [-0.3, -0.25) is 4.79 Å². The normalized spacial score (nSPS) is 16.4. The maximum Gasteiger partial charge on any atom is 0.236 e. The first-order valence-electron chi connectivity index (χ1n) is 5.58. The zero-order valence-corrected chi connectivity index (χ0v) is 11.9. The quantitative estimate of drug-likeness (QED) is 0.525. The van der Waals surface area contributed by atoms with Crippen LogP contribution in [0.4, 0.5) is 0 Å².